The van der Waals surface area contributed by atoms with Gasteiger partial charge in [0.15, 0.2) is 0 Å². The number of carbonyl (C=O) groups is 1. The molecule has 0 unspecified atom stereocenters. The molecule has 3 rings (SSSR count). The molecule has 156 valence electrons. The first-order valence-corrected chi connectivity index (χ1v) is 10.8. The predicted octanol–water partition coefficient (Wildman–Crippen LogP) is 4.36. The lowest BCUT2D eigenvalue weighted by Gasteiger charge is -2.25. The number of methoxy groups -OCH3 is 1. The Bertz CT molecular complexity index is 1120. The van der Waals surface area contributed by atoms with Crippen LogP contribution >= 0.6 is 0 Å². The highest BCUT2D eigenvalue weighted by molar-refractivity contribution is 7.92. The van der Waals surface area contributed by atoms with Crippen molar-refractivity contribution in [2.24, 2.45) is 0 Å². The van der Waals surface area contributed by atoms with Gasteiger partial charge in [0.1, 0.15) is 5.75 Å². The van der Waals surface area contributed by atoms with E-state index in [1.807, 2.05) is 43.3 Å². The van der Waals surface area contributed by atoms with E-state index < -0.39 is 10.0 Å². The summed E-state index contributed by atoms with van der Waals surface area (Å²) in [5.74, 6) is 0.443. The minimum Gasteiger partial charge on any atom is -0.497 e. The lowest BCUT2D eigenvalue weighted by Crippen LogP contribution is -2.30. The van der Waals surface area contributed by atoms with Crippen molar-refractivity contribution < 1.29 is 17.9 Å². The second kappa shape index (κ2) is 9.00. The first-order chi connectivity index (χ1) is 14.3. The molecule has 0 saturated carbocycles. The molecule has 0 aliphatic carbocycles. The molecule has 1 amide bonds. The fourth-order valence-corrected chi connectivity index (χ4v) is 4.46. The van der Waals surface area contributed by atoms with Gasteiger partial charge in [-0.3, -0.25) is 9.10 Å². The molecule has 0 spiro atoms. The molecule has 0 atom stereocenters. The van der Waals surface area contributed by atoms with Crippen LogP contribution in [0.1, 0.15) is 18.1 Å². The SMILES string of the molecule is COc1cccc(CN(c2ccc(C)cc2)S(=O)(=O)c2ccc(NC(C)=O)cc2)c1. The zero-order valence-corrected chi connectivity index (χ0v) is 17.9. The molecule has 0 aromatic heterocycles. The molecule has 7 heteroatoms. The predicted molar refractivity (Wildman–Crippen MR) is 118 cm³/mol. The van der Waals surface area contributed by atoms with E-state index >= 15 is 0 Å². The van der Waals surface area contributed by atoms with Gasteiger partial charge in [-0.2, -0.15) is 0 Å². The Morgan fingerprint density at radius 1 is 1.00 bits per heavy atom. The number of aryl methyl sites for hydroxylation is 1. The Balaban J connectivity index is 2.01. The maximum atomic E-state index is 13.5. The molecule has 0 heterocycles. The molecule has 0 saturated heterocycles. The first kappa shape index (κ1) is 21.4. The smallest absolute Gasteiger partial charge is 0.264 e. The van der Waals surface area contributed by atoms with Crippen molar-refractivity contribution in [1.82, 2.24) is 0 Å². The van der Waals surface area contributed by atoms with Crippen LogP contribution in [0.3, 0.4) is 0 Å². The van der Waals surface area contributed by atoms with Gasteiger partial charge in [0.05, 0.1) is 24.2 Å². The van der Waals surface area contributed by atoms with Gasteiger partial charge < -0.3 is 10.1 Å². The van der Waals surface area contributed by atoms with Crippen LogP contribution in [0.2, 0.25) is 0 Å². The van der Waals surface area contributed by atoms with E-state index in [2.05, 4.69) is 5.32 Å². The zero-order chi connectivity index (χ0) is 21.7. The maximum absolute atomic E-state index is 13.5. The Morgan fingerprint density at radius 3 is 2.27 bits per heavy atom. The summed E-state index contributed by atoms with van der Waals surface area (Å²) < 4.78 is 33.7. The molecule has 1 N–H and O–H groups in total. The highest BCUT2D eigenvalue weighted by Crippen LogP contribution is 2.28. The Hall–Kier alpha value is -3.32. The number of rotatable bonds is 7. The van der Waals surface area contributed by atoms with Crippen molar-refractivity contribution >= 4 is 27.3 Å². The monoisotopic (exact) mass is 424 g/mol. The van der Waals surface area contributed by atoms with Crippen molar-refractivity contribution in [2.75, 3.05) is 16.7 Å². The third-order valence-corrected chi connectivity index (χ3v) is 6.33. The third-order valence-electron chi connectivity index (χ3n) is 4.54. The topological polar surface area (TPSA) is 75.7 Å². The summed E-state index contributed by atoms with van der Waals surface area (Å²) in [4.78, 5) is 11.4. The van der Waals surface area contributed by atoms with Gasteiger partial charge >= 0.3 is 0 Å². The summed E-state index contributed by atoms with van der Waals surface area (Å²) in [6, 6.07) is 20.8. The fraction of sp³-hybridized carbons (Fsp3) is 0.174. The molecule has 0 fully saturated rings. The first-order valence-electron chi connectivity index (χ1n) is 9.39. The number of benzene rings is 3. The van der Waals surface area contributed by atoms with Gasteiger partial charge in [-0.25, -0.2) is 8.42 Å². The zero-order valence-electron chi connectivity index (χ0n) is 17.1. The van der Waals surface area contributed by atoms with Gasteiger partial charge in [0.25, 0.3) is 10.0 Å². The van der Waals surface area contributed by atoms with E-state index in [1.165, 1.54) is 23.4 Å². The van der Waals surface area contributed by atoms with Crippen LogP contribution in [0.5, 0.6) is 5.75 Å². The lowest BCUT2D eigenvalue weighted by molar-refractivity contribution is -0.114. The van der Waals surface area contributed by atoms with Crippen LogP contribution in [0.4, 0.5) is 11.4 Å². The molecule has 30 heavy (non-hydrogen) atoms. The van der Waals surface area contributed by atoms with E-state index in [1.54, 1.807) is 31.4 Å². The molecular weight excluding hydrogens is 400 g/mol. The van der Waals surface area contributed by atoms with E-state index in [0.29, 0.717) is 17.1 Å². The largest absolute Gasteiger partial charge is 0.497 e. The molecule has 6 nitrogen and oxygen atoms in total. The van der Waals surface area contributed by atoms with E-state index in [-0.39, 0.29) is 17.3 Å². The van der Waals surface area contributed by atoms with Crippen molar-refractivity contribution in [2.45, 2.75) is 25.3 Å². The summed E-state index contributed by atoms with van der Waals surface area (Å²) >= 11 is 0. The van der Waals surface area contributed by atoms with Crippen LogP contribution in [-0.4, -0.2) is 21.4 Å². The van der Waals surface area contributed by atoms with E-state index in [0.717, 1.165) is 11.1 Å². The quantitative estimate of drug-likeness (QED) is 0.612. The van der Waals surface area contributed by atoms with Crippen LogP contribution in [0.15, 0.2) is 77.7 Å². The Labute approximate surface area is 177 Å². The summed E-state index contributed by atoms with van der Waals surface area (Å²) in [7, 11) is -2.28. The number of anilines is 2. The number of amides is 1. The fourth-order valence-electron chi connectivity index (χ4n) is 3.00. The van der Waals surface area contributed by atoms with Gasteiger partial charge in [0.2, 0.25) is 5.91 Å². The number of ether oxygens (including phenoxy) is 1. The summed E-state index contributed by atoms with van der Waals surface area (Å²) in [5.41, 5.74) is 2.94. The van der Waals surface area contributed by atoms with Crippen LogP contribution in [0, 0.1) is 6.92 Å². The molecule has 0 aliphatic rings. The number of nitrogens with one attached hydrogen (secondary N) is 1. The highest BCUT2D eigenvalue weighted by Gasteiger charge is 2.25. The van der Waals surface area contributed by atoms with Crippen molar-refractivity contribution in [3.8, 4) is 5.75 Å². The Morgan fingerprint density at radius 2 is 1.67 bits per heavy atom. The number of carbonyl (C=O) groups excluding carboxylic acids is 1. The second-order valence-electron chi connectivity index (χ2n) is 6.90. The van der Waals surface area contributed by atoms with Gasteiger partial charge in [-0.1, -0.05) is 29.8 Å². The molecule has 0 aliphatic heterocycles. The van der Waals surface area contributed by atoms with Gasteiger partial charge in [0, 0.05) is 12.6 Å². The molecular formula is C23H24N2O4S. The molecule has 3 aromatic rings. The van der Waals surface area contributed by atoms with Crippen LogP contribution in [-0.2, 0) is 21.4 Å². The standard InChI is InChI=1S/C23H24N2O4S/c1-17-7-11-21(12-8-17)25(16-19-5-4-6-22(15-19)29-3)30(27,28)23-13-9-20(10-14-23)24-18(2)26/h4-15H,16H2,1-3H3,(H,24,26). The summed E-state index contributed by atoms with van der Waals surface area (Å²) in [6.07, 6.45) is 0. The summed E-state index contributed by atoms with van der Waals surface area (Å²) in [6.45, 7) is 3.50. The van der Waals surface area contributed by atoms with E-state index in [4.69, 9.17) is 4.74 Å². The second-order valence-corrected chi connectivity index (χ2v) is 8.77. The maximum Gasteiger partial charge on any atom is 0.264 e. The number of hydrogen-bond acceptors (Lipinski definition) is 4. The highest BCUT2D eigenvalue weighted by atomic mass is 32.2. The third kappa shape index (κ3) is 4.99. The molecule has 0 bridgehead atoms. The lowest BCUT2D eigenvalue weighted by atomic mass is 10.2. The van der Waals surface area contributed by atoms with Crippen LogP contribution < -0.4 is 14.4 Å². The number of sulfonamides is 1. The molecule has 3 aromatic carbocycles. The van der Waals surface area contributed by atoms with Gasteiger partial charge in [-0.15, -0.1) is 0 Å². The van der Waals surface area contributed by atoms with Gasteiger partial charge in [-0.05, 0) is 61.0 Å². The van der Waals surface area contributed by atoms with Crippen molar-refractivity contribution in [1.29, 1.82) is 0 Å². The average Bonchev–Trinajstić information content (AvgIpc) is 2.73. The van der Waals surface area contributed by atoms with Crippen molar-refractivity contribution in [3.63, 3.8) is 0 Å². The average molecular weight is 425 g/mol. The van der Waals surface area contributed by atoms with Crippen molar-refractivity contribution in [3.05, 3.63) is 83.9 Å². The minimum atomic E-state index is -3.85. The Kier molecular flexibility index (Phi) is 6.42. The number of nitrogens with zero attached hydrogens (tertiary/aromatic N) is 1. The molecule has 0 radical (unpaired) electrons. The number of hydrogen-bond donors (Lipinski definition) is 1. The normalized spacial score (nSPS) is 11.0. The summed E-state index contributed by atoms with van der Waals surface area (Å²) in [5, 5.41) is 2.64. The van der Waals surface area contributed by atoms with E-state index in [9.17, 15) is 13.2 Å². The van der Waals surface area contributed by atoms with Crippen LogP contribution in [0.25, 0.3) is 0 Å². The minimum absolute atomic E-state index is 0.139.